The second-order valence-electron chi connectivity index (χ2n) is 5.69. The molecule has 0 amide bonds. The first-order valence-corrected chi connectivity index (χ1v) is 6.80. The van der Waals surface area contributed by atoms with Gasteiger partial charge in [0.1, 0.15) is 5.82 Å². The molecule has 1 fully saturated rings. The summed E-state index contributed by atoms with van der Waals surface area (Å²) in [6, 6.07) is -0.149. The molecular formula is C13H17F5N4. The van der Waals surface area contributed by atoms with Crippen LogP contribution in [0.5, 0.6) is 0 Å². The fourth-order valence-electron chi connectivity index (χ4n) is 2.72. The molecule has 0 bridgehead atoms. The summed E-state index contributed by atoms with van der Waals surface area (Å²) in [6.45, 7) is 1.71. The van der Waals surface area contributed by atoms with Gasteiger partial charge in [-0.3, -0.25) is 4.90 Å². The van der Waals surface area contributed by atoms with Gasteiger partial charge in [0.25, 0.3) is 5.92 Å². The number of piperidine rings is 1. The Kier molecular flexibility index (Phi) is 4.55. The lowest BCUT2D eigenvalue weighted by molar-refractivity contribution is -0.141. The molecule has 2 atom stereocenters. The van der Waals surface area contributed by atoms with E-state index in [2.05, 4.69) is 15.3 Å². The summed E-state index contributed by atoms with van der Waals surface area (Å²) in [6.07, 6.45) is -3.10. The van der Waals surface area contributed by atoms with Crippen molar-refractivity contribution in [1.29, 1.82) is 0 Å². The lowest BCUT2D eigenvalue weighted by Gasteiger charge is -2.41. The lowest BCUT2D eigenvalue weighted by atomic mass is 9.89. The van der Waals surface area contributed by atoms with E-state index in [1.165, 1.54) is 0 Å². The van der Waals surface area contributed by atoms with Crippen molar-refractivity contribution in [2.24, 2.45) is 5.92 Å². The molecule has 1 aliphatic rings. The minimum absolute atomic E-state index is 0.149. The highest BCUT2D eigenvalue weighted by Gasteiger charge is 2.42. The number of likely N-dealkylation sites (N-methyl/N-ethyl adjacent to an activating group) is 1. The molecule has 1 aromatic rings. The molecule has 9 heteroatoms. The Morgan fingerprint density at radius 3 is 2.50 bits per heavy atom. The smallest absolute Gasteiger partial charge is 0.367 e. The van der Waals surface area contributed by atoms with E-state index in [1.807, 2.05) is 0 Å². The fraction of sp³-hybridized carbons (Fsp3) is 0.692. The average molecular weight is 324 g/mol. The molecule has 0 saturated carbocycles. The molecule has 1 saturated heterocycles. The summed E-state index contributed by atoms with van der Waals surface area (Å²) in [5, 5.41) is 2.85. The zero-order valence-corrected chi connectivity index (χ0v) is 12.2. The SMILES string of the molecule is CC1CC(F)(F)CN(C)C1CNc1cnc(C(F)(F)F)cn1. The number of alkyl halides is 5. The zero-order valence-electron chi connectivity index (χ0n) is 12.2. The Morgan fingerprint density at radius 1 is 1.32 bits per heavy atom. The molecule has 1 aromatic heterocycles. The molecule has 0 aliphatic carbocycles. The van der Waals surface area contributed by atoms with Crippen molar-refractivity contribution in [3.8, 4) is 0 Å². The van der Waals surface area contributed by atoms with Crippen molar-refractivity contribution in [2.45, 2.75) is 31.5 Å². The highest BCUT2D eigenvalue weighted by atomic mass is 19.4. The van der Waals surface area contributed by atoms with Crippen LogP contribution < -0.4 is 5.32 Å². The summed E-state index contributed by atoms with van der Waals surface area (Å²) in [5.74, 6) is -2.77. The number of anilines is 1. The monoisotopic (exact) mass is 324 g/mol. The molecule has 2 unspecified atom stereocenters. The predicted octanol–water partition coefficient (Wildman–Crippen LogP) is 2.88. The first-order chi connectivity index (χ1) is 10.1. The quantitative estimate of drug-likeness (QED) is 0.868. The zero-order chi connectivity index (χ0) is 16.5. The van der Waals surface area contributed by atoms with Crippen LogP contribution in [0.3, 0.4) is 0 Å². The Bertz CT molecular complexity index is 488. The van der Waals surface area contributed by atoms with Crippen molar-refractivity contribution in [2.75, 3.05) is 25.5 Å². The van der Waals surface area contributed by atoms with Gasteiger partial charge < -0.3 is 5.32 Å². The Balaban J connectivity index is 1.95. The number of nitrogens with one attached hydrogen (secondary N) is 1. The lowest BCUT2D eigenvalue weighted by Crippen LogP contribution is -2.53. The van der Waals surface area contributed by atoms with E-state index in [9.17, 15) is 22.0 Å². The number of hydrogen-bond acceptors (Lipinski definition) is 4. The van der Waals surface area contributed by atoms with E-state index in [0.29, 0.717) is 12.7 Å². The number of aromatic nitrogens is 2. The first-order valence-electron chi connectivity index (χ1n) is 6.80. The van der Waals surface area contributed by atoms with Gasteiger partial charge in [0.2, 0.25) is 0 Å². The Hall–Kier alpha value is -1.51. The van der Waals surface area contributed by atoms with Crippen LogP contribution in [0.4, 0.5) is 27.8 Å². The molecule has 0 aromatic carbocycles. The molecule has 0 radical (unpaired) electrons. The van der Waals surface area contributed by atoms with E-state index in [-0.39, 0.29) is 30.7 Å². The predicted molar refractivity (Wildman–Crippen MR) is 70.7 cm³/mol. The summed E-state index contributed by atoms with van der Waals surface area (Å²) < 4.78 is 63.9. The van der Waals surface area contributed by atoms with E-state index in [0.717, 1.165) is 6.20 Å². The maximum atomic E-state index is 13.4. The molecular weight excluding hydrogens is 307 g/mol. The van der Waals surface area contributed by atoms with E-state index in [4.69, 9.17) is 0 Å². The average Bonchev–Trinajstić information content (AvgIpc) is 2.35. The number of hydrogen-bond donors (Lipinski definition) is 1. The van der Waals surface area contributed by atoms with Crippen LogP contribution in [0.15, 0.2) is 12.4 Å². The molecule has 124 valence electrons. The van der Waals surface area contributed by atoms with Gasteiger partial charge in [0, 0.05) is 19.0 Å². The van der Waals surface area contributed by atoms with Gasteiger partial charge >= 0.3 is 6.18 Å². The molecule has 2 heterocycles. The Morgan fingerprint density at radius 2 is 2.00 bits per heavy atom. The minimum Gasteiger partial charge on any atom is -0.367 e. The second kappa shape index (κ2) is 5.94. The van der Waals surface area contributed by atoms with Crippen LogP contribution >= 0.6 is 0 Å². The van der Waals surface area contributed by atoms with E-state index < -0.39 is 17.8 Å². The van der Waals surface area contributed by atoms with Crippen molar-refractivity contribution in [3.05, 3.63) is 18.1 Å². The van der Waals surface area contributed by atoms with Crippen LogP contribution in [-0.4, -0.2) is 47.0 Å². The standard InChI is InChI=1S/C13H17F5N4/c1-8-3-12(14,15)7-22(2)9(8)4-20-11-6-19-10(5-21-11)13(16,17)18/h5-6,8-9H,3-4,7H2,1-2H3,(H,20,21). The van der Waals surface area contributed by atoms with Crippen LogP contribution in [0.25, 0.3) is 0 Å². The largest absolute Gasteiger partial charge is 0.434 e. The van der Waals surface area contributed by atoms with Crippen LogP contribution in [-0.2, 0) is 6.18 Å². The number of likely N-dealkylation sites (tertiary alicyclic amines) is 1. The van der Waals surface area contributed by atoms with Crippen LogP contribution in [0.2, 0.25) is 0 Å². The molecule has 1 N–H and O–H groups in total. The molecule has 22 heavy (non-hydrogen) atoms. The maximum absolute atomic E-state index is 13.4. The molecule has 0 spiro atoms. The normalized spacial score (nSPS) is 26.0. The van der Waals surface area contributed by atoms with Gasteiger partial charge in [-0.25, -0.2) is 18.7 Å². The first kappa shape index (κ1) is 16.9. The number of halogens is 5. The second-order valence-corrected chi connectivity index (χ2v) is 5.69. The van der Waals surface area contributed by atoms with Crippen LogP contribution in [0.1, 0.15) is 19.0 Å². The molecule has 2 rings (SSSR count). The summed E-state index contributed by atoms with van der Waals surface area (Å²) in [7, 11) is 1.61. The fourth-order valence-corrected chi connectivity index (χ4v) is 2.72. The highest BCUT2D eigenvalue weighted by Crippen LogP contribution is 2.33. The van der Waals surface area contributed by atoms with Gasteiger partial charge in [0.15, 0.2) is 5.69 Å². The maximum Gasteiger partial charge on any atom is 0.434 e. The third-order valence-electron chi connectivity index (χ3n) is 3.76. The van der Waals surface area contributed by atoms with Crippen molar-refractivity contribution >= 4 is 5.82 Å². The number of rotatable bonds is 3. The summed E-state index contributed by atoms with van der Waals surface area (Å²) in [5.41, 5.74) is -1.07. The van der Waals surface area contributed by atoms with Crippen molar-refractivity contribution < 1.29 is 22.0 Å². The van der Waals surface area contributed by atoms with Gasteiger partial charge in [-0.1, -0.05) is 6.92 Å². The van der Waals surface area contributed by atoms with Crippen molar-refractivity contribution in [3.63, 3.8) is 0 Å². The molecule has 1 aliphatic heterocycles. The third kappa shape index (κ3) is 4.02. The van der Waals surface area contributed by atoms with E-state index >= 15 is 0 Å². The summed E-state index contributed by atoms with van der Waals surface area (Å²) in [4.78, 5) is 8.49. The number of nitrogens with zero attached hydrogens (tertiary/aromatic N) is 3. The van der Waals surface area contributed by atoms with E-state index in [1.54, 1.807) is 18.9 Å². The van der Waals surface area contributed by atoms with Crippen LogP contribution in [0, 0.1) is 5.92 Å². The topological polar surface area (TPSA) is 41.0 Å². The summed E-state index contributed by atoms with van der Waals surface area (Å²) >= 11 is 0. The third-order valence-corrected chi connectivity index (χ3v) is 3.76. The minimum atomic E-state index is -4.53. The highest BCUT2D eigenvalue weighted by molar-refractivity contribution is 5.31. The van der Waals surface area contributed by atoms with Crippen molar-refractivity contribution in [1.82, 2.24) is 14.9 Å². The van der Waals surface area contributed by atoms with Gasteiger partial charge in [-0.15, -0.1) is 0 Å². The van der Waals surface area contributed by atoms with Gasteiger partial charge in [-0.05, 0) is 13.0 Å². The molecule has 4 nitrogen and oxygen atoms in total. The Labute approximate surface area is 124 Å². The van der Waals surface area contributed by atoms with Gasteiger partial charge in [0.05, 0.1) is 18.9 Å². The van der Waals surface area contributed by atoms with Gasteiger partial charge in [-0.2, -0.15) is 13.2 Å².